The first kappa shape index (κ1) is 11.1. The predicted molar refractivity (Wildman–Crippen MR) is 57.7 cm³/mol. The average molecular weight is 194 g/mol. The Balaban J connectivity index is 2.55. The minimum atomic E-state index is -0.417. The molecule has 0 amide bonds. The van der Waals surface area contributed by atoms with Gasteiger partial charge in [0.2, 0.25) is 0 Å². The second kappa shape index (κ2) is 5.01. The number of hydrogen-bond acceptors (Lipinski definition) is 2. The number of hydrogen-bond donors (Lipinski definition) is 1. The van der Waals surface area contributed by atoms with Crippen molar-refractivity contribution >= 4 is 0 Å². The van der Waals surface area contributed by atoms with Crippen LogP contribution in [0.25, 0.3) is 0 Å². The van der Waals surface area contributed by atoms with Crippen LogP contribution in [-0.4, -0.2) is 17.8 Å². The lowest BCUT2D eigenvalue weighted by Crippen LogP contribution is -2.12. The maximum absolute atomic E-state index is 9.03. The van der Waals surface area contributed by atoms with Crippen molar-refractivity contribution in [3.63, 3.8) is 0 Å². The molecule has 1 atom stereocenters. The van der Waals surface area contributed by atoms with Crippen LogP contribution in [0.3, 0.4) is 0 Å². The number of rotatable bonds is 4. The molecule has 0 saturated carbocycles. The van der Waals surface area contributed by atoms with Crippen LogP contribution in [0, 0.1) is 0 Å². The molecule has 1 aromatic carbocycles. The van der Waals surface area contributed by atoms with E-state index in [1.807, 2.05) is 12.1 Å². The summed E-state index contributed by atoms with van der Waals surface area (Å²) in [5.74, 6) is 1.36. The van der Waals surface area contributed by atoms with Gasteiger partial charge in [-0.1, -0.05) is 26.0 Å². The minimum Gasteiger partial charge on any atom is -0.491 e. The normalized spacial score (nSPS) is 12.9. The second-order valence-electron chi connectivity index (χ2n) is 3.88. The van der Waals surface area contributed by atoms with Crippen LogP contribution in [0.1, 0.15) is 32.3 Å². The Kier molecular flexibility index (Phi) is 3.96. The van der Waals surface area contributed by atoms with E-state index in [-0.39, 0.29) is 0 Å². The Morgan fingerprint density at radius 2 is 1.71 bits per heavy atom. The predicted octanol–water partition coefficient (Wildman–Crippen LogP) is 2.57. The molecule has 0 radical (unpaired) electrons. The third-order valence-electron chi connectivity index (χ3n) is 2.04. The Hall–Kier alpha value is -1.02. The standard InChI is InChI=1S/C12H18O2/c1-9(2)11-4-6-12(7-5-11)14-8-10(3)13/h4-7,9-10,13H,8H2,1-3H3/t10-/m1/s1. The SMILES string of the molecule is CC(C)c1ccc(OC[C@@H](C)O)cc1. The lowest BCUT2D eigenvalue weighted by molar-refractivity contribution is 0.122. The molecule has 0 fully saturated rings. The van der Waals surface area contributed by atoms with Crippen LogP contribution in [0.5, 0.6) is 5.75 Å². The number of benzene rings is 1. The van der Waals surface area contributed by atoms with Crippen LogP contribution in [-0.2, 0) is 0 Å². The van der Waals surface area contributed by atoms with E-state index >= 15 is 0 Å². The van der Waals surface area contributed by atoms with Crippen LogP contribution < -0.4 is 4.74 Å². The maximum Gasteiger partial charge on any atom is 0.119 e. The van der Waals surface area contributed by atoms with E-state index in [0.717, 1.165) is 5.75 Å². The molecule has 2 heteroatoms. The number of aliphatic hydroxyl groups is 1. The summed E-state index contributed by atoms with van der Waals surface area (Å²) in [4.78, 5) is 0. The lowest BCUT2D eigenvalue weighted by Gasteiger charge is -2.09. The van der Waals surface area contributed by atoms with E-state index in [1.165, 1.54) is 5.56 Å². The zero-order chi connectivity index (χ0) is 10.6. The van der Waals surface area contributed by atoms with Crippen molar-refractivity contribution in [1.29, 1.82) is 0 Å². The van der Waals surface area contributed by atoms with Crippen molar-refractivity contribution in [2.75, 3.05) is 6.61 Å². The zero-order valence-corrected chi connectivity index (χ0v) is 9.03. The highest BCUT2D eigenvalue weighted by Gasteiger charge is 2.00. The van der Waals surface area contributed by atoms with E-state index in [2.05, 4.69) is 26.0 Å². The molecule has 0 aromatic heterocycles. The molecule has 2 nitrogen and oxygen atoms in total. The van der Waals surface area contributed by atoms with E-state index in [1.54, 1.807) is 6.92 Å². The summed E-state index contributed by atoms with van der Waals surface area (Å²) in [7, 11) is 0. The molecule has 0 bridgehead atoms. The monoisotopic (exact) mass is 194 g/mol. The van der Waals surface area contributed by atoms with Crippen molar-refractivity contribution in [1.82, 2.24) is 0 Å². The van der Waals surface area contributed by atoms with Crippen molar-refractivity contribution < 1.29 is 9.84 Å². The van der Waals surface area contributed by atoms with Crippen molar-refractivity contribution in [2.24, 2.45) is 0 Å². The molecular formula is C12H18O2. The third-order valence-corrected chi connectivity index (χ3v) is 2.04. The first-order valence-corrected chi connectivity index (χ1v) is 5.00. The molecule has 1 rings (SSSR count). The minimum absolute atomic E-state index is 0.348. The second-order valence-corrected chi connectivity index (χ2v) is 3.88. The van der Waals surface area contributed by atoms with Crippen LogP contribution in [0.2, 0.25) is 0 Å². The van der Waals surface area contributed by atoms with Gasteiger partial charge in [-0.25, -0.2) is 0 Å². The summed E-state index contributed by atoms with van der Waals surface area (Å²) in [6, 6.07) is 8.00. The van der Waals surface area contributed by atoms with Gasteiger partial charge in [0.25, 0.3) is 0 Å². The summed E-state index contributed by atoms with van der Waals surface area (Å²) < 4.78 is 5.35. The van der Waals surface area contributed by atoms with E-state index in [0.29, 0.717) is 12.5 Å². The van der Waals surface area contributed by atoms with Gasteiger partial charge in [-0.15, -0.1) is 0 Å². The van der Waals surface area contributed by atoms with E-state index in [9.17, 15) is 0 Å². The lowest BCUT2D eigenvalue weighted by atomic mass is 10.0. The topological polar surface area (TPSA) is 29.5 Å². The van der Waals surface area contributed by atoms with Gasteiger partial charge >= 0.3 is 0 Å². The van der Waals surface area contributed by atoms with E-state index < -0.39 is 6.10 Å². The highest BCUT2D eigenvalue weighted by Crippen LogP contribution is 2.18. The number of ether oxygens (including phenoxy) is 1. The van der Waals surface area contributed by atoms with Gasteiger partial charge in [0, 0.05) is 0 Å². The molecular weight excluding hydrogens is 176 g/mol. The number of aliphatic hydroxyl groups excluding tert-OH is 1. The van der Waals surface area contributed by atoms with Gasteiger partial charge in [0.1, 0.15) is 12.4 Å². The highest BCUT2D eigenvalue weighted by atomic mass is 16.5. The van der Waals surface area contributed by atoms with Crippen LogP contribution in [0.15, 0.2) is 24.3 Å². The Labute approximate surface area is 85.5 Å². The molecule has 0 spiro atoms. The molecule has 0 unspecified atom stereocenters. The molecule has 0 aliphatic heterocycles. The maximum atomic E-state index is 9.03. The fraction of sp³-hybridized carbons (Fsp3) is 0.500. The van der Waals surface area contributed by atoms with Crippen LogP contribution >= 0.6 is 0 Å². The van der Waals surface area contributed by atoms with Gasteiger partial charge in [-0.2, -0.15) is 0 Å². The summed E-state index contributed by atoms with van der Waals surface area (Å²) in [5, 5.41) is 9.03. The fourth-order valence-electron chi connectivity index (χ4n) is 1.17. The average Bonchev–Trinajstić information content (AvgIpc) is 2.15. The Bertz CT molecular complexity index is 262. The Morgan fingerprint density at radius 1 is 1.14 bits per heavy atom. The van der Waals surface area contributed by atoms with Gasteiger partial charge in [-0.3, -0.25) is 0 Å². The summed E-state index contributed by atoms with van der Waals surface area (Å²) in [6.07, 6.45) is -0.417. The van der Waals surface area contributed by atoms with Gasteiger partial charge in [0.05, 0.1) is 6.10 Å². The van der Waals surface area contributed by atoms with Gasteiger partial charge in [0.15, 0.2) is 0 Å². The first-order chi connectivity index (χ1) is 6.59. The molecule has 0 aliphatic rings. The first-order valence-electron chi connectivity index (χ1n) is 5.00. The third kappa shape index (κ3) is 3.38. The summed E-state index contributed by atoms with van der Waals surface area (Å²) in [5.41, 5.74) is 1.30. The van der Waals surface area contributed by atoms with Gasteiger partial charge in [-0.05, 0) is 30.5 Å². The smallest absolute Gasteiger partial charge is 0.119 e. The van der Waals surface area contributed by atoms with Crippen molar-refractivity contribution in [3.8, 4) is 5.75 Å². The quantitative estimate of drug-likeness (QED) is 0.798. The Morgan fingerprint density at radius 3 is 2.14 bits per heavy atom. The fourth-order valence-corrected chi connectivity index (χ4v) is 1.17. The zero-order valence-electron chi connectivity index (χ0n) is 9.03. The van der Waals surface area contributed by atoms with Crippen molar-refractivity contribution in [2.45, 2.75) is 32.8 Å². The largest absolute Gasteiger partial charge is 0.491 e. The van der Waals surface area contributed by atoms with E-state index in [4.69, 9.17) is 9.84 Å². The molecule has 14 heavy (non-hydrogen) atoms. The molecule has 78 valence electrons. The molecule has 0 heterocycles. The highest BCUT2D eigenvalue weighted by molar-refractivity contribution is 5.28. The molecule has 1 aromatic rings. The van der Waals surface area contributed by atoms with Crippen LogP contribution in [0.4, 0.5) is 0 Å². The molecule has 1 N–H and O–H groups in total. The molecule has 0 aliphatic carbocycles. The van der Waals surface area contributed by atoms with Crippen molar-refractivity contribution in [3.05, 3.63) is 29.8 Å². The summed E-state index contributed by atoms with van der Waals surface area (Å²) >= 11 is 0. The summed E-state index contributed by atoms with van der Waals surface area (Å²) in [6.45, 7) is 6.38. The molecule has 0 saturated heterocycles. The van der Waals surface area contributed by atoms with Gasteiger partial charge < -0.3 is 9.84 Å².